The first-order valence-electron chi connectivity index (χ1n) is 14.2. The zero-order valence-corrected chi connectivity index (χ0v) is 24.4. The molecule has 0 spiro atoms. The number of hydrogen-bond donors (Lipinski definition) is 2. The van der Waals surface area contributed by atoms with Gasteiger partial charge < -0.3 is 19.9 Å². The third-order valence-corrected chi connectivity index (χ3v) is 9.62. The van der Waals surface area contributed by atoms with Gasteiger partial charge in [0.15, 0.2) is 0 Å². The number of nitrogens with one attached hydrogen (secondary N) is 2. The maximum absolute atomic E-state index is 13.6. The summed E-state index contributed by atoms with van der Waals surface area (Å²) >= 11 is 0. The van der Waals surface area contributed by atoms with Crippen molar-refractivity contribution in [1.29, 1.82) is 0 Å². The number of rotatable bonds is 7. The number of carbonyl (C=O) groups is 2. The topological polar surface area (TPSA) is 76.7 Å². The lowest BCUT2D eigenvalue weighted by Gasteiger charge is -2.64. The Balaban J connectivity index is 1.36. The van der Waals surface area contributed by atoms with Crippen LogP contribution < -0.4 is 10.6 Å². The molecule has 6 rings (SSSR count). The molecular weight excluding hydrogens is 532 g/mol. The van der Waals surface area contributed by atoms with Gasteiger partial charge in [0.1, 0.15) is 5.54 Å². The van der Waals surface area contributed by atoms with E-state index in [0.29, 0.717) is 18.3 Å². The standard InChI is InChI=1S/C31H38BF3N2O4/c1-18-10-9-11-19(14-18)15-25(32-40-24-17-20-16-23(28(20,2)3)30(24,6)41-32)36-27(39)29(4,5)37-26(38)21-12-7-8-13-22(21)31(33,34)35/h7-14,20,23-25H,15-17H2,1-6H3,(H,36,39)(H,37,38)/t20-,23-,24+,25-,30-/m0/s1. The highest BCUT2D eigenvalue weighted by molar-refractivity contribution is 6.48. The van der Waals surface area contributed by atoms with E-state index in [1.165, 1.54) is 26.0 Å². The van der Waals surface area contributed by atoms with Crippen molar-refractivity contribution in [2.45, 2.75) is 90.2 Å². The van der Waals surface area contributed by atoms with Gasteiger partial charge in [-0.3, -0.25) is 9.59 Å². The molecule has 0 unspecified atom stereocenters. The predicted octanol–water partition coefficient (Wildman–Crippen LogP) is 5.52. The predicted molar refractivity (Wildman–Crippen MR) is 150 cm³/mol. The molecule has 41 heavy (non-hydrogen) atoms. The molecule has 3 saturated carbocycles. The van der Waals surface area contributed by atoms with Crippen molar-refractivity contribution in [3.8, 4) is 0 Å². The quantitative estimate of drug-likeness (QED) is 0.430. The molecule has 5 atom stereocenters. The maximum Gasteiger partial charge on any atom is 0.482 e. The smallest absolute Gasteiger partial charge is 0.404 e. The summed E-state index contributed by atoms with van der Waals surface area (Å²) in [6, 6.07) is 12.5. The van der Waals surface area contributed by atoms with Gasteiger partial charge in [-0.05, 0) is 81.9 Å². The summed E-state index contributed by atoms with van der Waals surface area (Å²) in [4.78, 5) is 26.6. The normalized spacial score (nSPS) is 27.4. The number of carbonyl (C=O) groups excluding carboxylic acids is 2. The Kier molecular flexibility index (Phi) is 7.34. The van der Waals surface area contributed by atoms with Gasteiger partial charge in [0.25, 0.3) is 5.91 Å². The van der Waals surface area contributed by atoms with Gasteiger partial charge in [-0.25, -0.2) is 0 Å². The maximum atomic E-state index is 13.6. The molecule has 4 aliphatic rings. The van der Waals surface area contributed by atoms with Gasteiger partial charge >= 0.3 is 13.3 Å². The number of aryl methyl sites for hydroxylation is 1. The van der Waals surface area contributed by atoms with Crippen molar-refractivity contribution in [3.63, 3.8) is 0 Å². The number of hydrogen-bond acceptors (Lipinski definition) is 4. The fourth-order valence-corrected chi connectivity index (χ4v) is 7.06. The summed E-state index contributed by atoms with van der Waals surface area (Å²) < 4.78 is 53.8. The minimum atomic E-state index is -4.71. The van der Waals surface area contributed by atoms with Crippen molar-refractivity contribution in [3.05, 3.63) is 70.8 Å². The Morgan fingerprint density at radius 3 is 2.44 bits per heavy atom. The lowest BCUT2D eigenvalue weighted by atomic mass is 9.43. The van der Waals surface area contributed by atoms with Crippen molar-refractivity contribution < 1.29 is 32.1 Å². The molecule has 220 valence electrons. The summed E-state index contributed by atoms with van der Waals surface area (Å²) in [5, 5.41) is 5.52. The van der Waals surface area contributed by atoms with Crippen LogP contribution in [0.5, 0.6) is 0 Å². The van der Waals surface area contributed by atoms with Gasteiger partial charge in [-0.15, -0.1) is 0 Å². The molecule has 2 aromatic carbocycles. The van der Waals surface area contributed by atoms with Crippen LogP contribution in [0.2, 0.25) is 0 Å². The average molecular weight is 570 g/mol. The molecule has 0 radical (unpaired) electrons. The van der Waals surface area contributed by atoms with Crippen LogP contribution in [0.15, 0.2) is 48.5 Å². The minimum absolute atomic E-state index is 0.0900. The van der Waals surface area contributed by atoms with Crippen molar-refractivity contribution >= 4 is 18.9 Å². The van der Waals surface area contributed by atoms with E-state index in [4.69, 9.17) is 9.31 Å². The molecule has 1 aliphatic heterocycles. The van der Waals surface area contributed by atoms with Gasteiger partial charge in [-0.2, -0.15) is 13.2 Å². The van der Waals surface area contributed by atoms with E-state index in [2.05, 4.69) is 31.4 Å². The lowest BCUT2D eigenvalue weighted by Crippen LogP contribution is -2.65. The number of benzene rings is 2. The number of halogens is 3. The zero-order chi connectivity index (χ0) is 30.0. The Labute approximate surface area is 239 Å². The third kappa shape index (κ3) is 5.41. The van der Waals surface area contributed by atoms with E-state index in [1.807, 2.05) is 31.2 Å². The molecule has 2 amide bonds. The molecule has 1 saturated heterocycles. The summed E-state index contributed by atoms with van der Waals surface area (Å²) in [5.41, 5.74) is -1.41. The fraction of sp³-hybridized carbons (Fsp3) is 0.548. The molecule has 4 fully saturated rings. The Morgan fingerprint density at radius 1 is 1.07 bits per heavy atom. The summed E-state index contributed by atoms with van der Waals surface area (Å²) in [6.45, 7) is 11.6. The Morgan fingerprint density at radius 2 is 1.78 bits per heavy atom. The van der Waals surface area contributed by atoms with Crippen LogP contribution in [0.1, 0.15) is 74.5 Å². The largest absolute Gasteiger partial charge is 0.482 e. The first kappa shape index (κ1) is 29.6. The summed E-state index contributed by atoms with van der Waals surface area (Å²) in [6.07, 6.45) is -2.41. The van der Waals surface area contributed by atoms with E-state index < -0.39 is 53.3 Å². The van der Waals surface area contributed by atoms with E-state index >= 15 is 0 Å². The van der Waals surface area contributed by atoms with Gasteiger partial charge in [-0.1, -0.05) is 55.8 Å². The van der Waals surface area contributed by atoms with Crippen molar-refractivity contribution in [1.82, 2.24) is 10.6 Å². The van der Waals surface area contributed by atoms with Crippen LogP contribution in [0.4, 0.5) is 13.2 Å². The highest BCUT2D eigenvalue weighted by Gasteiger charge is 2.68. The molecular formula is C31H38BF3N2O4. The van der Waals surface area contributed by atoms with E-state index in [1.54, 1.807) is 0 Å². The molecule has 10 heteroatoms. The van der Waals surface area contributed by atoms with Gasteiger partial charge in [0.2, 0.25) is 5.91 Å². The van der Waals surface area contributed by atoms with E-state index in [0.717, 1.165) is 36.1 Å². The van der Waals surface area contributed by atoms with Crippen LogP contribution in [-0.4, -0.2) is 42.1 Å². The van der Waals surface area contributed by atoms with Crippen molar-refractivity contribution in [2.75, 3.05) is 0 Å². The van der Waals surface area contributed by atoms with Gasteiger partial charge in [0.05, 0.1) is 28.8 Å². The minimum Gasteiger partial charge on any atom is -0.404 e. The summed E-state index contributed by atoms with van der Waals surface area (Å²) in [7, 11) is -0.720. The number of alkyl halides is 3. The SMILES string of the molecule is Cc1cccc(C[C@H](NC(=O)C(C)(C)NC(=O)c2ccccc2C(F)(F)F)B2O[C@@H]3C[C@@H]4C[C@@H](C4(C)C)[C@]3(C)O2)c1. The second-order valence-electron chi connectivity index (χ2n) is 13.2. The molecule has 3 aliphatic carbocycles. The number of amides is 2. The average Bonchev–Trinajstić information content (AvgIpc) is 3.24. The monoisotopic (exact) mass is 570 g/mol. The molecule has 2 aromatic rings. The van der Waals surface area contributed by atoms with Crippen LogP contribution in [-0.2, 0) is 26.7 Å². The van der Waals surface area contributed by atoms with Crippen molar-refractivity contribution in [2.24, 2.45) is 17.3 Å². The molecule has 0 aromatic heterocycles. The second-order valence-corrected chi connectivity index (χ2v) is 13.2. The third-order valence-electron chi connectivity index (χ3n) is 9.62. The van der Waals surface area contributed by atoms with Crippen LogP contribution in [0, 0.1) is 24.2 Å². The van der Waals surface area contributed by atoms with Crippen LogP contribution in [0.3, 0.4) is 0 Å². The Bertz CT molecular complexity index is 1350. The van der Waals surface area contributed by atoms with Gasteiger partial charge in [0, 0.05) is 0 Å². The second kappa shape index (κ2) is 10.2. The Hall–Kier alpha value is -2.85. The molecule has 1 heterocycles. The lowest BCUT2D eigenvalue weighted by molar-refractivity contribution is -0.199. The molecule has 2 bridgehead atoms. The van der Waals surface area contributed by atoms with Crippen LogP contribution in [0.25, 0.3) is 0 Å². The van der Waals surface area contributed by atoms with E-state index in [-0.39, 0.29) is 11.5 Å². The molecule has 2 N–H and O–H groups in total. The summed E-state index contributed by atoms with van der Waals surface area (Å²) in [5.74, 6) is -1.23. The fourth-order valence-electron chi connectivity index (χ4n) is 7.06. The first-order chi connectivity index (χ1) is 19.0. The van der Waals surface area contributed by atoms with Crippen LogP contribution >= 0.6 is 0 Å². The highest BCUT2D eigenvalue weighted by Crippen LogP contribution is 2.65. The zero-order valence-electron chi connectivity index (χ0n) is 24.4. The molecule has 6 nitrogen and oxygen atoms in total. The highest BCUT2D eigenvalue weighted by atomic mass is 19.4. The first-order valence-corrected chi connectivity index (χ1v) is 14.2. The van der Waals surface area contributed by atoms with E-state index in [9.17, 15) is 22.8 Å².